The highest BCUT2D eigenvalue weighted by Gasteiger charge is 2.24. The van der Waals surface area contributed by atoms with E-state index in [0.29, 0.717) is 53.4 Å². The number of urea groups is 1. The highest BCUT2D eigenvalue weighted by atomic mass is 16.5. The van der Waals surface area contributed by atoms with Gasteiger partial charge in [-0.1, -0.05) is 61.9 Å². The van der Waals surface area contributed by atoms with Crippen molar-refractivity contribution in [2.75, 3.05) is 0 Å². The van der Waals surface area contributed by atoms with E-state index in [1.165, 1.54) is 0 Å². The first-order chi connectivity index (χ1) is 21.3. The van der Waals surface area contributed by atoms with E-state index < -0.39 is 12.3 Å². The van der Waals surface area contributed by atoms with Crippen LogP contribution in [0.1, 0.15) is 47.1 Å². The molecular weight excluding hydrogens is 560 g/mol. The van der Waals surface area contributed by atoms with Crippen LogP contribution in [0.4, 0.5) is 4.79 Å². The van der Waals surface area contributed by atoms with Gasteiger partial charge < -0.3 is 10.5 Å². The SMILES string of the molecule is CCCc1c(Cc2ccc(-c3ccccc3/C(N)=N/C(=O)N=O)cc2)c(=O)n(-c2ccc3c(c2)CC(N)O3)c2nc(C)nn12. The van der Waals surface area contributed by atoms with Gasteiger partial charge in [0.1, 0.15) is 17.4 Å². The van der Waals surface area contributed by atoms with Crippen molar-refractivity contribution in [2.24, 2.45) is 21.6 Å². The Morgan fingerprint density at radius 1 is 1.11 bits per heavy atom. The zero-order valence-electron chi connectivity index (χ0n) is 24.2. The van der Waals surface area contributed by atoms with E-state index in [0.717, 1.165) is 34.4 Å². The first-order valence-electron chi connectivity index (χ1n) is 14.2. The predicted molar refractivity (Wildman–Crippen MR) is 166 cm³/mol. The Kier molecular flexibility index (Phi) is 7.58. The third-order valence-corrected chi connectivity index (χ3v) is 7.59. The fraction of sp³-hybridized carbons (Fsp3) is 0.219. The van der Waals surface area contributed by atoms with Crippen LogP contribution in [0.2, 0.25) is 0 Å². The van der Waals surface area contributed by atoms with Crippen molar-refractivity contribution in [1.82, 2.24) is 19.2 Å². The van der Waals surface area contributed by atoms with Crippen LogP contribution in [0, 0.1) is 11.8 Å². The van der Waals surface area contributed by atoms with Gasteiger partial charge in [-0.15, -0.1) is 4.91 Å². The quantitative estimate of drug-likeness (QED) is 0.161. The van der Waals surface area contributed by atoms with Gasteiger partial charge in [-0.3, -0.25) is 10.5 Å². The van der Waals surface area contributed by atoms with Crippen LogP contribution in [0.5, 0.6) is 5.75 Å². The summed E-state index contributed by atoms with van der Waals surface area (Å²) in [6, 6.07) is 19.3. The van der Waals surface area contributed by atoms with Gasteiger partial charge in [0.05, 0.1) is 11.4 Å². The van der Waals surface area contributed by atoms with Crippen LogP contribution in [-0.2, 0) is 19.3 Å². The number of aromatic nitrogens is 4. The normalized spacial score (nSPS) is 14.4. The molecule has 0 saturated carbocycles. The molecule has 2 amide bonds. The number of rotatable bonds is 7. The summed E-state index contributed by atoms with van der Waals surface area (Å²) >= 11 is 0. The number of aryl methyl sites for hydroxylation is 2. The monoisotopic (exact) mass is 590 g/mol. The molecule has 1 atom stereocenters. The molecule has 0 saturated heterocycles. The zero-order valence-corrected chi connectivity index (χ0v) is 24.2. The Morgan fingerprint density at radius 2 is 1.89 bits per heavy atom. The lowest BCUT2D eigenvalue weighted by molar-refractivity contribution is 0.241. The Labute approximate surface area is 252 Å². The number of fused-ring (bicyclic) bond motifs is 2. The van der Waals surface area contributed by atoms with Gasteiger partial charge >= 0.3 is 6.03 Å². The average molecular weight is 591 g/mol. The molecule has 3 heterocycles. The molecule has 0 spiro atoms. The summed E-state index contributed by atoms with van der Waals surface area (Å²) < 4.78 is 9.07. The van der Waals surface area contributed by atoms with Gasteiger partial charge in [-0.2, -0.15) is 15.1 Å². The van der Waals surface area contributed by atoms with E-state index in [1.807, 2.05) is 61.5 Å². The maximum atomic E-state index is 14.3. The van der Waals surface area contributed by atoms with Crippen LogP contribution in [0.15, 0.2) is 81.7 Å². The predicted octanol–water partition coefficient (Wildman–Crippen LogP) is 4.21. The lowest BCUT2D eigenvalue weighted by atomic mass is 9.96. The first-order valence-corrected chi connectivity index (χ1v) is 14.2. The summed E-state index contributed by atoms with van der Waals surface area (Å²) in [5, 5.41) is 6.97. The summed E-state index contributed by atoms with van der Waals surface area (Å²) in [4.78, 5) is 44.5. The number of nitroso groups, excluding NO2 is 1. The number of hydrogen-bond donors (Lipinski definition) is 2. The minimum atomic E-state index is -1.20. The molecule has 44 heavy (non-hydrogen) atoms. The topological polar surface area (TPSA) is 172 Å². The fourth-order valence-electron chi connectivity index (χ4n) is 5.66. The van der Waals surface area contributed by atoms with E-state index in [9.17, 15) is 14.5 Å². The van der Waals surface area contributed by atoms with Gasteiger partial charge in [-0.05, 0) is 48.2 Å². The van der Waals surface area contributed by atoms with E-state index in [4.69, 9.17) is 16.2 Å². The van der Waals surface area contributed by atoms with Crippen molar-refractivity contribution < 1.29 is 9.53 Å². The largest absolute Gasteiger partial charge is 0.475 e. The molecular formula is C32H30N8O4. The van der Waals surface area contributed by atoms with Gasteiger partial charge in [0.25, 0.3) is 5.56 Å². The Morgan fingerprint density at radius 3 is 2.64 bits per heavy atom. The molecule has 1 aliphatic rings. The summed E-state index contributed by atoms with van der Waals surface area (Å²) in [6.45, 7) is 3.88. The maximum Gasteiger partial charge on any atom is 0.406 e. The molecule has 5 aromatic rings. The first kappa shape index (κ1) is 28.6. The van der Waals surface area contributed by atoms with Crippen molar-refractivity contribution in [2.45, 2.75) is 45.8 Å². The van der Waals surface area contributed by atoms with Gasteiger partial charge in [0, 0.05) is 34.7 Å². The highest BCUT2D eigenvalue weighted by molar-refractivity contribution is 6.08. The number of carbonyl (C=O) groups excluding carboxylic acids is 1. The number of nitrogens with zero attached hydrogens (tertiary/aromatic N) is 6. The molecule has 0 fully saturated rings. The summed E-state index contributed by atoms with van der Waals surface area (Å²) in [5.74, 6) is 1.64. The summed E-state index contributed by atoms with van der Waals surface area (Å²) in [5.41, 5.74) is 17.9. The molecule has 0 bridgehead atoms. The highest BCUT2D eigenvalue weighted by Crippen LogP contribution is 2.30. The second-order valence-corrected chi connectivity index (χ2v) is 10.6. The molecule has 12 heteroatoms. The molecule has 6 rings (SSSR count). The number of benzene rings is 3. The number of nitrogens with two attached hydrogens (primary N) is 2. The molecule has 2 aromatic heterocycles. The van der Waals surface area contributed by atoms with Crippen molar-refractivity contribution in [1.29, 1.82) is 0 Å². The second-order valence-electron chi connectivity index (χ2n) is 10.6. The number of hydrogen-bond acceptors (Lipinski definition) is 7. The van der Waals surface area contributed by atoms with Crippen molar-refractivity contribution in [3.8, 4) is 22.6 Å². The van der Waals surface area contributed by atoms with Gasteiger partial charge in [0.2, 0.25) is 5.78 Å². The van der Waals surface area contributed by atoms with Gasteiger partial charge in [0.15, 0.2) is 6.23 Å². The average Bonchev–Trinajstić information content (AvgIpc) is 3.59. The number of amidine groups is 1. The molecule has 0 radical (unpaired) electrons. The Bertz CT molecular complexity index is 2010. The lowest BCUT2D eigenvalue weighted by Crippen LogP contribution is -2.28. The third-order valence-electron chi connectivity index (χ3n) is 7.59. The van der Waals surface area contributed by atoms with Crippen LogP contribution in [-0.4, -0.2) is 37.3 Å². The summed E-state index contributed by atoms with van der Waals surface area (Å²) in [7, 11) is 0. The Hall–Kier alpha value is -5.49. The molecule has 4 N–H and O–H groups in total. The minimum Gasteiger partial charge on any atom is -0.475 e. The number of aliphatic imine (C=N–C) groups is 1. The Balaban J connectivity index is 1.43. The molecule has 1 unspecified atom stereocenters. The number of carbonyl (C=O) groups is 1. The van der Waals surface area contributed by atoms with E-state index in [2.05, 4.69) is 27.2 Å². The van der Waals surface area contributed by atoms with Crippen LogP contribution in [0.25, 0.3) is 22.6 Å². The molecule has 12 nitrogen and oxygen atoms in total. The minimum absolute atomic E-state index is 0.101. The molecule has 222 valence electrons. The van der Waals surface area contributed by atoms with E-state index in [1.54, 1.807) is 21.2 Å². The van der Waals surface area contributed by atoms with E-state index in [-0.39, 0.29) is 11.4 Å². The van der Waals surface area contributed by atoms with Crippen molar-refractivity contribution in [3.05, 3.63) is 116 Å². The molecule has 0 aliphatic carbocycles. The number of amides is 2. The van der Waals surface area contributed by atoms with E-state index >= 15 is 0 Å². The number of ether oxygens (including phenoxy) is 1. The second kappa shape index (κ2) is 11.7. The smallest absolute Gasteiger partial charge is 0.406 e. The van der Waals surface area contributed by atoms with Crippen LogP contribution in [0.3, 0.4) is 0 Å². The lowest BCUT2D eigenvalue weighted by Gasteiger charge is -2.16. The standard InChI is InChI=1S/C32H30N8O4/c1-3-6-26-25(15-19-9-11-20(12-10-19)23-7-4-5-8-24(23)29(34)36-31(42)38-43)30(41)39(32-35-18(2)37-40(26)32)22-13-14-27-21(16-22)17-28(33)44-27/h4-5,7-14,16,28H,3,6,15,17,33H2,1-2H3,(H2,34,36,42). The maximum absolute atomic E-state index is 14.3. The zero-order chi connectivity index (χ0) is 31.0. The fourth-order valence-corrected chi connectivity index (χ4v) is 5.66. The summed E-state index contributed by atoms with van der Waals surface area (Å²) in [6.07, 6.45) is 1.98. The van der Waals surface area contributed by atoms with Gasteiger partial charge in [-0.25, -0.2) is 13.9 Å². The van der Waals surface area contributed by atoms with Crippen molar-refractivity contribution >= 4 is 17.6 Å². The third kappa shape index (κ3) is 5.26. The molecule has 3 aromatic carbocycles. The van der Waals surface area contributed by atoms with Crippen molar-refractivity contribution in [3.63, 3.8) is 0 Å². The van der Waals surface area contributed by atoms with Crippen LogP contribution < -0.4 is 21.8 Å². The molecule has 1 aliphatic heterocycles. The van der Waals surface area contributed by atoms with Crippen LogP contribution >= 0.6 is 0 Å².